The molecule has 0 amide bonds. The van der Waals surface area contributed by atoms with Gasteiger partial charge in [-0.1, -0.05) is 29.8 Å². The van der Waals surface area contributed by atoms with Crippen molar-refractivity contribution in [3.63, 3.8) is 0 Å². The quantitative estimate of drug-likeness (QED) is 0.848. The molecule has 19 heavy (non-hydrogen) atoms. The Hall–Kier alpha value is -1.65. The second-order valence-corrected chi connectivity index (χ2v) is 4.88. The van der Waals surface area contributed by atoms with Crippen LogP contribution in [0.25, 0.3) is 0 Å². The summed E-state index contributed by atoms with van der Waals surface area (Å²) in [4.78, 5) is 4.22. The molecule has 0 bridgehead atoms. The molecule has 0 atom stereocenters. The fraction of sp³-hybridized carbons (Fsp3) is 0.143. The van der Waals surface area contributed by atoms with Gasteiger partial charge in [-0.05, 0) is 42.9 Å². The fourth-order valence-electron chi connectivity index (χ4n) is 1.62. The highest BCUT2D eigenvalue weighted by atomic mass is 35.5. The Morgan fingerprint density at radius 1 is 1.26 bits per heavy atom. The van der Waals surface area contributed by atoms with Gasteiger partial charge in [0.25, 0.3) is 0 Å². The lowest BCUT2D eigenvalue weighted by Crippen LogP contribution is -2.28. The molecule has 98 valence electrons. The number of hydrogen-bond acceptors (Lipinski definition) is 2. The summed E-state index contributed by atoms with van der Waals surface area (Å²) in [6.07, 6.45) is 1.76. The Labute approximate surface area is 123 Å². The zero-order valence-electron chi connectivity index (χ0n) is 10.5. The summed E-state index contributed by atoms with van der Waals surface area (Å²) in [5, 5.41) is 7.39. The predicted octanol–water partition coefficient (Wildman–Crippen LogP) is 3.53. The van der Waals surface area contributed by atoms with Gasteiger partial charge >= 0.3 is 0 Å². The maximum Gasteiger partial charge on any atom is 0.171 e. The predicted molar refractivity (Wildman–Crippen MR) is 83.5 cm³/mol. The molecule has 0 aliphatic heterocycles. The lowest BCUT2D eigenvalue weighted by Gasteiger charge is -2.13. The second-order valence-electron chi connectivity index (χ2n) is 4.06. The average molecular weight is 292 g/mol. The molecule has 0 aliphatic carbocycles. The Balaban J connectivity index is 1.95. The van der Waals surface area contributed by atoms with Crippen molar-refractivity contribution in [3.05, 3.63) is 58.9 Å². The summed E-state index contributed by atoms with van der Waals surface area (Å²) in [5.41, 5.74) is 2.82. The molecule has 1 aromatic carbocycles. The monoisotopic (exact) mass is 291 g/mol. The van der Waals surface area contributed by atoms with Crippen LogP contribution in [0.2, 0.25) is 5.02 Å². The van der Waals surface area contributed by atoms with E-state index in [4.69, 9.17) is 23.8 Å². The molecule has 2 rings (SSSR count). The van der Waals surface area contributed by atoms with Crippen molar-refractivity contribution >= 4 is 34.6 Å². The highest BCUT2D eigenvalue weighted by Crippen LogP contribution is 2.24. The Bertz CT molecular complexity index is 552. The molecule has 3 nitrogen and oxygen atoms in total. The van der Waals surface area contributed by atoms with E-state index in [2.05, 4.69) is 15.6 Å². The number of anilines is 1. The first kappa shape index (κ1) is 13.8. The Morgan fingerprint density at radius 3 is 2.79 bits per heavy atom. The molecule has 0 spiro atoms. The molecule has 0 radical (unpaired) electrons. The van der Waals surface area contributed by atoms with Crippen molar-refractivity contribution in [3.8, 4) is 0 Å². The minimum atomic E-state index is 0.529. The van der Waals surface area contributed by atoms with E-state index in [1.807, 2.05) is 43.3 Å². The number of halogens is 1. The number of thiocarbonyl (C=S) groups is 1. The van der Waals surface area contributed by atoms with E-state index in [1.165, 1.54) is 0 Å². The molecule has 2 aromatic rings. The van der Waals surface area contributed by atoms with Crippen LogP contribution >= 0.6 is 23.8 Å². The summed E-state index contributed by atoms with van der Waals surface area (Å²) in [7, 11) is 0. The summed E-state index contributed by atoms with van der Waals surface area (Å²) in [5.74, 6) is 0. The lowest BCUT2D eigenvalue weighted by molar-refractivity contribution is 0.882. The first-order valence-corrected chi connectivity index (χ1v) is 6.65. The number of pyridine rings is 1. The molecule has 0 saturated heterocycles. The topological polar surface area (TPSA) is 37.0 Å². The summed E-state index contributed by atoms with van der Waals surface area (Å²) >= 11 is 11.4. The smallest absolute Gasteiger partial charge is 0.171 e. The van der Waals surface area contributed by atoms with Crippen LogP contribution in [-0.4, -0.2) is 10.1 Å². The SMILES string of the molecule is Cc1cccc(Cl)c1NC(=S)NCc1ccccn1. The number of benzene rings is 1. The minimum absolute atomic E-state index is 0.529. The Morgan fingerprint density at radius 2 is 2.11 bits per heavy atom. The van der Waals surface area contributed by atoms with E-state index in [0.29, 0.717) is 16.7 Å². The highest BCUT2D eigenvalue weighted by molar-refractivity contribution is 7.80. The summed E-state index contributed by atoms with van der Waals surface area (Å²) in [6, 6.07) is 11.5. The number of nitrogens with zero attached hydrogens (tertiary/aromatic N) is 1. The van der Waals surface area contributed by atoms with Gasteiger partial charge in [0.1, 0.15) is 0 Å². The molecule has 0 fully saturated rings. The van der Waals surface area contributed by atoms with Crippen LogP contribution in [-0.2, 0) is 6.54 Å². The first-order chi connectivity index (χ1) is 9.16. The van der Waals surface area contributed by atoms with E-state index < -0.39 is 0 Å². The van der Waals surface area contributed by atoms with E-state index in [1.54, 1.807) is 6.20 Å². The van der Waals surface area contributed by atoms with E-state index in [0.717, 1.165) is 16.9 Å². The van der Waals surface area contributed by atoms with E-state index in [-0.39, 0.29) is 0 Å². The first-order valence-electron chi connectivity index (χ1n) is 5.86. The van der Waals surface area contributed by atoms with Crippen LogP contribution < -0.4 is 10.6 Å². The molecule has 0 aliphatic rings. The van der Waals surface area contributed by atoms with Crippen LogP contribution in [0.1, 0.15) is 11.3 Å². The van der Waals surface area contributed by atoms with Gasteiger partial charge in [-0.2, -0.15) is 0 Å². The molecule has 0 unspecified atom stereocenters. The summed E-state index contributed by atoms with van der Waals surface area (Å²) in [6.45, 7) is 2.56. The number of rotatable bonds is 3. The minimum Gasteiger partial charge on any atom is -0.357 e. The fourth-order valence-corrected chi connectivity index (χ4v) is 2.06. The third-order valence-electron chi connectivity index (χ3n) is 2.62. The van der Waals surface area contributed by atoms with Crippen LogP contribution in [0.15, 0.2) is 42.6 Å². The third kappa shape index (κ3) is 3.91. The van der Waals surface area contributed by atoms with Crippen molar-refractivity contribution in [1.82, 2.24) is 10.3 Å². The van der Waals surface area contributed by atoms with Crippen molar-refractivity contribution in [1.29, 1.82) is 0 Å². The highest BCUT2D eigenvalue weighted by Gasteiger charge is 2.05. The van der Waals surface area contributed by atoms with Gasteiger partial charge in [0.15, 0.2) is 5.11 Å². The van der Waals surface area contributed by atoms with Gasteiger partial charge in [-0.15, -0.1) is 0 Å². The Kier molecular flexibility index (Phi) is 4.71. The molecular formula is C14H14ClN3S. The van der Waals surface area contributed by atoms with Crippen LogP contribution in [0.5, 0.6) is 0 Å². The maximum absolute atomic E-state index is 6.13. The third-order valence-corrected chi connectivity index (χ3v) is 3.18. The van der Waals surface area contributed by atoms with Gasteiger partial charge in [0.05, 0.1) is 22.9 Å². The average Bonchev–Trinajstić information content (AvgIpc) is 2.42. The summed E-state index contributed by atoms with van der Waals surface area (Å²) < 4.78 is 0. The van der Waals surface area contributed by atoms with Gasteiger partial charge in [-0.25, -0.2) is 0 Å². The molecule has 1 aromatic heterocycles. The molecule has 5 heteroatoms. The molecule has 1 heterocycles. The van der Waals surface area contributed by atoms with Gasteiger partial charge in [0, 0.05) is 6.20 Å². The second kappa shape index (κ2) is 6.50. The van der Waals surface area contributed by atoms with Gasteiger partial charge in [-0.3, -0.25) is 4.98 Å². The number of nitrogens with one attached hydrogen (secondary N) is 2. The number of para-hydroxylation sites is 1. The molecule has 2 N–H and O–H groups in total. The van der Waals surface area contributed by atoms with Crippen molar-refractivity contribution < 1.29 is 0 Å². The van der Waals surface area contributed by atoms with E-state index in [9.17, 15) is 0 Å². The number of hydrogen-bond donors (Lipinski definition) is 2. The normalized spacial score (nSPS) is 10.0. The van der Waals surface area contributed by atoms with E-state index >= 15 is 0 Å². The van der Waals surface area contributed by atoms with Crippen molar-refractivity contribution in [2.24, 2.45) is 0 Å². The number of aryl methyl sites for hydroxylation is 1. The standard InChI is InChI=1S/C14H14ClN3S/c1-10-5-4-7-12(15)13(10)18-14(19)17-9-11-6-2-3-8-16-11/h2-8H,9H2,1H3,(H2,17,18,19). The van der Waals surface area contributed by atoms with Crippen molar-refractivity contribution in [2.75, 3.05) is 5.32 Å². The van der Waals surface area contributed by atoms with Gasteiger partial charge < -0.3 is 10.6 Å². The largest absolute Gasteiger partial charge is 0.357 e. The zero-order valence-corrected chi connectivity index (χ0v) is 12.1. The zero-order chi connectivity index (χ0) is 13.7. The molecule has 0 saturated carbocycles. The van der Waals surface area contributed by atoms with Crippen LogP contribution in [0, 0.1) is 6.92 Å². The lowest BCUT2D eigenvalue weighted by atomic mass is 10.2. The van der Waals surface area contributed by atoms with Crippen LogP contribution in [0.3, 0.4) is 0 Å². The molecular weight excluding hydrogens is 278 g/mol. The van der Waals surface area contributed by atoms with Crippen LogP contribution in [0.4, 0.5) is 5.69 Å². The van der Waals surface area contributed by atoms with Gasteiger partial charge in [0.2, 0.25) is 0 Å². The maximum atomic E-state index is 6.13. The number of aromatic nitrogens is 1. The van der Waals surface area contributed by atoms with Crippen molar-refractivity contribution in [2.45, 2.75) is 13.5 Å².